The van der Waals surface area contributed by atoms with Crippen LogP contribution in [0.15, 0.2) is 61.6 Å². The van der Waals surface area contributed by atoms with Gasteiger partial charge in [0.1, 0.15) is 17.1 Å². The van der Waals surface area contributed by atoms with E-state index in [1.807, 2.05) is 34.9 Å². The lowest BCUT2D eigenvalue weighted by atomic mass is 10.0. The van der Waals surface area contributed by atoms with E-state index in [9.17, 15) is 4.79 Å². The smallest absolute Gasteiger partial charge is 0.229 e. The maximum absolute atomic E-state index is 12.4. The van der Waals surface area contributed by atoms with E-state index >= 15 is 0 Å². The first-order valence-electron chi connectivity index (χ1n) is 13.9. The fourth-order valence-corrected chi connectivity index (χ4v) is 6.22. The summed E-state index contributed by atoms with van der Waals surface area (Å²) in [5.41, 5.74) is 4.96. The minimum atomic E-state index is -0.0834. The van der Waals surface area contributed by atoms with Crippen LogP contribution in [0.4, 0.5) is 17.3 Å². The third kappa shape index (κ3) is 5.40. The van der Waals surface area contributed by atoms with Crippen LogP contribution in [-0.2, 0) is 16.0 Å². The molecular formula is C32H30Cl2N6O4. The highest BCUT2D eigenvalue weighted by Crippen LogP contribution is 2.47. The molecule has 1 aliphatic heterocycles. The van der Waals surface area contributed by atoms with E-state index < -0.39 is 0 Å². The van der Waals surface area contributed by atoms with Crippen molar-refractivity contribution in [1.82, 2.24) is 19.4 Å². The van der Waals surface area contributed by atoms with Crippen LogP contribution in [0.5, 0.6) is 11.5 Å². The van der Waals surface area contributed by atoms with Gasteiger partial charge in [-0.3, -0.25) is 9.20 Å². The van der Waals surface area contributed by atoms with Gasteiger partial charge in [0.25, 0.3) is 0 Å². The molecule has 5 aromatic rings. The number of ketones is 1. The molecule has 0 unspecified atom stereocenters. The predicted octanol–water partition coefficient (Wildman–Crippen LogP) is 6.53. The molecule has 1 aliphatic rings. The van der Waals surface area contributed by atoms with Crippen molar-refractivity contribution in [3.05, 3.63) is 77.2 Å². The number of anilines is 3. The number of carbonyl (C=O) groups is 1. The number of hydrogen-bond acceptors (Lipinski definition) is 9. The summed E-state index contributed by atoms with van der Waals surface area (Å²) < 4.78 is 18.3. The van der Waals surface area contributed by atoms with Crippen molar-refractivity contribution in [3.63, 3.8) is 0 Å². The summed E-state index contributed by atoms with van der Waals surface area (Å²) in [5, 5.41) is 4.71. The maximum atomic E-state index is 12.4. The summed E-state index contributed by atoms with van der Waals surface area (Å²) >= 11 is 13.5. The number of fused-ring (bicyclic) bond motifs is 3. The Kier molecular flexibility index (Phi) is 8.31. The molecular weight excluding hydrogens is 603 g/mol. The molecule has 0 radical (unpaired) electrons. The lowest BCUT2D eigenvalue weighted by Crippen LogP contribution is -2.22. The van der Waals surface area contributed by atoms with Crippen molar-refractivity contribution in [2.75, 3.05) is 44.6 Å². The molecule has 0 amide bonds. The van der Waals surface area contributed by atoms with Gasteiger partial charge in [-0.15, -0.1) is 0 Å². The molecule has 10 nitrogen and oxygen atoms in total. The highest BCUT2D eigenvalue weighted by atomic mass is 35.5. The van der Waals surface area contributed by atoms with Gasteiger partial charge in [0, 0.05) is 79.2 Å². The molecule has 2 aromatic carbocycles. The standard InChI is InChI=1S/C32H30Cl2N6O4/c1-5-21(41)13-18-12-20(39-10-8-22(17-39)42-2)6-7-24(18)37-32-36-16-19-14-23(31-35-9-11-40(31)30(19)38-32)27-28(33)25(43-3)15-26(44-4)29(27)34/h5-7,9,11-12,14-16,22H,1,8,10,13,17H2,2-4H3,(H,36,37,38)/t22-/m0/s1. The Labute approximate surface area is 264 Å². The number of rotatable bonds is 10. The van der Waals surface area contributed by atoms with Crippen LogP contribution < -0.4 is 19.7 Å². The second-order valence-electron chi connectivity index (χ2n) is 10.3. The molecule has 0 aliphatic carbocycles. The first-order valence-corrected chi connectivity index (χ1v) is 14.7. The fraction of sp³-hybridized carbons (Fsp3) is 0.250. The number of carbonyl (C=O) groups excluding carboxylic acids is 1. The SMILES string of the molecule is C=CC(=O)Cc1cc(N2CC[C@H](OC)C2)ccc1Nc1ncc2cc(-c3c(Cl)c(OC)cc(OC)c3Cl)c3nccn3c2n1. The molecule has 0 saturated carbocycles. The van der Waals surface area contributed by atoms with E-state index in [0.717, 1.165) is 41.8 Å². The molecule has 3 aromatic heterocycles. The predicted molar refractivity (Wildman–Crippen MR) is 173 cm³/mol. The van der Waals surface area contributed by atoms with E-state index in [2.05, 4.69) is 26.8 Å². The van der Waals surface area contributed by atoms with Crippen LogP contribution in [0.3, 0.4) is 0 Å². The van der Waals surface area contributed by atoms with Crippen molar-refractivity contribution in [2.45, 2.75) is 18.9 Å². The molecule has 0 bridgehead atoms. The Balaban J connectivity index is 1.41. The number of nitrogens with zero attached hydrogens (tertiary/aromatic N) is 5. The maximum Gasteiger partial charge on any atom is 0.229 e. The van der Waals surface area contributed by atoms with Crippen LogP contribution >= 0.6 is 23.2 Å². The summed E-state index contributed by atoms with van der Waals surface area (Å²) in [5.74, 6) is 1.12. The van der Waals surface area contributed by atoms with E-state index in [4.69, 9.17) is 42.4 Å². The molecule has 226 valence electrons. The normalized spacial score (nSPS) is 14.8. The molecule has 1 saturated heterocycles. The molecule has 1 fully saturated rings. The van der Waals surface area contributed by atoms with Gasteiger partial charge in [0.2, 0.25) is 5.95 Å². The summed E-state index contributed by atoms with van der Waals surface area (Å²) in [6.07, 6.45) is 7.87. The monoisotopic (exact) mass is 632 g/mol. The van der Waals surface area contributed by atoms with Gasteiger partial charge < -0.3 is 24.4 Å². The van der Waals surface area contributed by atoms with Gasteiger partial charge in [0.05, 0.1) is 30.4 Å². The quantitative estimate of drug-likeness (QED) is 0.172. The Morgan fingerprint density at radius 3 is 2.55 bits per heavy atom. The molecule has 1 atom stereocenters. The van der Waals surface area contributed by atoms with Crippen LogP contribution in [0.25, 0.3) is 27.8 Å². The van der Waals surface area contributed by atoms with Crippen LogP contribution in [0.1, 0.15) is 12.0 Å². The number of pyridine rings is 1. The van der Waals surface area contributed by atoms with Gasteiger partial charge in [-0.05, 0) is 42.3 Å². The van der Waals surface area contributed by atoms with Crippen molar-refractivity contribution in [3.8, 4) is 22.6 Å². The van der Waals surface area contributed by atoms with Crippen molar-refractivity contribution in [1.29, 1.82) is 0 Å². The number of allylic oxidation sites excluding steroid dienone is 1. The Hall–Kier alpha value is -4.38. The molecule has 6 rings (SSSR count). The zero-order chi connectivity index (χ0) is 31.0. The minimum absolute atomic E-state index is 0.0834. The topological polar surface area (TPSA) is 103 Å². The van der Waals surface area contributed by atoms with E-state index in [0.29, 0.717) is 49.9 Å². The average Bonchev–Trinajstić information content (AvgIpc) is 3.73. The lowest BCUT2D eigenvalue weighted by molar-refractivity contribution is -0.114. The average molecular weight is 634 g/mol. The number of benzene rings is 2. The Morgan fingerprint density at radius 1 is 1.09 bits per heavy atom. The van der Waals surface area contributed by atoms with Gasteiger partial charge >= 0.3 is 0 Å². The number of nitrogens with one attached hydrogen (secondary N) is 1. The van der Waals surface area contributed by atoms with Gasteiger partial charge in [-0.25, -0.2) is 9.97 Å². The fourth-order valence-electron chi connectivity index (χ4n) is 5.52. The number of ether oxygens (including phenoxy) is 3. The second kappa shape index (κ2) is 12.3. The zero-order valence-electron chi connectivity index (χ0n) is 24.4. The Bertz CT molecular complexity index is 1880. The number of imidazole rings is 1. The van der Waals surface area contributed by atoms with E-state index in [1.165, 1.54) is 20.3 Å². The number of hydrogen-bond donors (Lipinski definition) is 1. The van der Waals surface area contributed by atoms with Gasteiger partial charge in [-0.2, -0.15) is 4.98 Å². The number of methoxy groups -OCH3 is 3. The molecule has 4 heterocycles. The number of halogens is 2. The van der Waals surface area contributed by atoms with Crippen LogP contribution in [0.2, 0.25) is 10.0 Å². The molecule has 44 heavy (non-hydrogen) atoms. The molecule has 12 heteroatoms. The largest absolute Gasteiger partial charge is 0.495 e. The lowest BCUT2D eigenvalue weighted by Gasteiger charge is -2.21. The summed E-state index contributed by atoms with van der Waals surface area (Å²) in [4.78, 5) is 28.7. The highest BCUT2D eigenvalue weighted by Gasteiger charge is 2.24. The molecule has 0 spiro atoms. The summed E-state index contributed by atoms with van der Waals surface area (Å²) in [6, 6.07) is 9.53. The first kappa shape index (κ1) is 29.7. The van der Waals surface area contributed by atoms with Crippen molar-refractivity contribution in [2.24, 2.45) is 0 Å². The number of aromatic nitrogens is 4. The third-order valence-electron chi connectivity index (χ3n) is 7.82. The molecule has 1 N–H and O–H groups in total. The van der Waals surface area contributed by atoms with Crippen LogP contribution in [-0.4, -0.2) is 65.7 Å². The zero-order valence-corrected chi connectivity index (χ0v) is 25.9. The second-order valence-corrected chi connectivity index (χ2v) is 11.1. The summed E-state index contributed by atoms with van der Waals surface area (Å²) in [6.45, 7) is 5.33. The van der Waals surface area contributed by atoms with Crippen molar-refractivity contribution >= 4 is 63.0 Å². The van der Waals surface area contributed by atoms with Crippen molar-refractivity contribution < 1.29 is 19.0 Å². The van der Waals surface area contributed by atoms with Crippen LogP contribution in [0, 0.1) is 0 Å². The summed E-state index contributed by atoms with van der Waals surface area (Å²) in [7, 11) is 4.79. The van der Waals surface area contributed by atoms with E-state index in [-0.39, 0.29) is 18.3 Å². The van der Waals surface area contributed by atoms with Gasteiger partial charge in [-0.1, -0.05) is 29.8 Å². The highest BCUT2D eigenvalue weighted by molar-refractivity contribution is 6.41. The first-order chi connectivity index (χ1) is 21.3. The van der Waals surface area contributed by atoms with Gasteiger partial charge in [0.15, 0.2) is 11.4 Å². The van der Waals surface area contributed by atoms with E-state index in [1.54, 1.807) is 25.6 Å². The minimum Gasteiger partial charge on any atom is -0.495 e. The third-order valence-corrected chi connectivity index (χ3v) is 8.57. The Morgan fingerprint density at radius 2 is 1.86 bits per heavy atom.